The predicted octanol–water partition coefficient (Wildman–Crippen LogP) is 4.49. The molecule has 1 amide bonds. The van der Waals surface area contributed by atoms with Gasteiger partial charge in [-0.15, -0.1) is 0 Å². The standard InChI is InChI=1S/C26H27NO5/c1-29-21-11-19(12-22(14-21)30-2)16-27-10-9-20-13-25(24(31-3)15-23(20)26(27)28)32-17-18-7-5-4-6-8-18/h4-8,11-15H,9-10,16-17H2,1-3H3. The molecule has 0 bridgehead atoms. The molecule has 3 aromatic carbocycles. The van der Waals surface area contributed by atoms with Gasteiger partial charge in [0, 0.05) is 24.7 Å². The zero-order valence-electron chi connectivity index (χ0n) is 18.6. The number of amides is 1. The maximum absolute atomic E-state index is 13.3. The number of ether oxygens (including phenoxy) is 4. The van der Waals surface area contributed by atoms with Crippen LogP contribution >= 0.6 is 0 Å². The second kappa shape index (κ2) is 9.64. The molecule has 6 nitrogen and oxygen atoms in total. The molecule has 32 heavy (non-hydrogen) atoms. The van der Waals surface area contributed by atoms with Crippen LogP contribution in [-0.4, -0.2) is 38.7 Å². The van der Waals surface area contributed by atoms with E-state index in [-0.39, 0.29) is 5.91 Å². The Balaban J connectivity index is 1.54. The van der Waals surface area contributed by atoms with Crippen LogP contribution in [0.5, 0.6) is 23.0 Å². The lowest BCUT2D eigenvalue weighted by atomic mass is 9.97. The summed E-state index contributed by atoms with van der Waals surface area (Å²) in [6, 6.07) is 19.3. The maximum Gasteiger partial charge on any atom is 0.254 e. The Morgan fingerprint density at radius 2 is 1.53 bits per heavy atom. The lowest BCUT2D eigenvalue weighted by Crippen LogP contribution is -2.37. The van der Waals surface area contributed by atoms with Crippen LogP contribution in [-0.2, 0) is 19.6 Å². The van der Waals surface area contributed by atoms with Crippen molar-refractivity contribution in [3.63, 3.8) is 0 Å². The maximum atomic E-state index is 13.3. The Kier molecular flexibility index (Phi) is 6.50. The van der Waals surface area contributed by atoms with Crippen molar-refractivity contribution in [2.45, 2.75) is 19.6 Å². The summed E-state index contributed by atoms with van der Waals surface area (Å²) < 4.78 is 22.3. The summed E-state index contributed by atoms with van der Waals surface area (Å²) in [5, 5.41) is 0. The number of fused-ring (bicyclic) bond motifs is 1. The van der Waals surface area contributed by atoms with Crippen molar-refractivity contribution >= 4 is 5.91 Å². The quantitative estimate of drug-likeness (QED) is 0.524. The molecule has 0 fully saturated rings. The van der Waals surface area contributed by atoms with Gasteiger partial charge in [-0.25, -0.2) is 0 Å². The molecule has 0 aliphatic carbocycles. The van der Waals surface area contributed by atoms with Crippen molar-refractivity contribution < 1.29 is 23.7 Å². The van der Waals surface area contributed by atoms with Gasteiger partial charge in [0.05, 0.1) is 21.3 Å². The molecule has 1 aliphatic rings. The fourth-order valence-electron chi connectivity index (χ4n) is 3.87. The Morgan fingerprint density at radius 3 is 2.19 bits per heavy atom. The largest absolute Gasteiger partial charge is 0.497 e. The lowest BCUT2D eigenvalue weighted by Gasteiger charge is -2.29. The SMILES string of the molecule is COc1cc(CN2CCc3cc(OCc4ccccc4)c(OC)cc3C2=O)cc(OC)c1. The number of nitrogens with zero attached hydrogens (tertiary/aromatic N) is 1. The normalized spacial score (nSPS) is 12.8. The molecule has 166 valence electrons. The summed E-state index contributed by atoms with van der Waals surface area (Å²) >= 11 is 0. The van der Waals surface area contributed by atoms with Gasteiger partial charge in [0.2, 0.25) is 0 Å². The Morgan fingerprint density at radius 1 is 0.812 bits per heavy atom. The number of methoxy groups -OCH3 is 3. The third-order valence-electron chi connectivity index (χ3n) is 5.58. The van der Waals surface area contributed by atoms with Crippen LogP contribution < -0.4 is 18.9 Å². The van der Waals surface area contributed by atoms with Crippen LogP contribution in [0.3, 0.4) is 0 Å². The van der Waals surface area contributed by atoms with Crippen LogP contribution in [0.1, 0.15) is 27.0 Å². The summed E-state index contributed by atoms with van der Waals surface area (Å²) in [6.45, 7) is 1.53. The predicted molar refractivity (Wildman–Crippen MR) is 122 cm³/mol. The highest BCUT2D eigenvalue weighted by molar-refractivity contribution is 5.97. The van der Waals surface area contributed by atoms with Crippen molar-refractivity contribution in [1.82, 2.24) is 4.90 Å². The first kappa shape index (κ1) is 21.6. The molecule has 0 radical (unpaired) electrons. The topological polar surface area (TPSA) is 57.2 Å². The van der Waals surface area contributed by atoms with E-state index in [1.54, 1.807) is 27.4 Å². The lowest BCUT2D eigenvalue weighted by molar-refractivity contribution is 0.0726. The van der Waals surface area contributed by atoms with Crippen LogP contribution in [0.15, 0.2) is 60.7 Å². The molecule has 1 heterocycles. The van der Waals surface area contributed by atoms with Crippen molar-refractivity contribution in [2.75, 3.05) is 27.9 Å². The third-order valence-corrected chi connectivity index (χ3v) is 5.58. The molecule has 4 rings (SSSR count). The van der Waals surface area contributed by atoms with Crippen LogP contribution in [0, 0.1) is 0 Å². The van der Waals surface area contributed by atoms with E-state index in [0.717, 1.165) is 23.1 Å². The first-order chi connectivity index (χ1) is 15.6. The second-order valence-electron chi connectivity index (χ2n) is 7.63. The number of hydrogen-bond acceptors (Lipinski definition) is 5. The Labute approximate surface area is 188 Å². The van der Waals surface area contributed by atoms with Gasteiger partial charge in [-0.1, -0.05) is 30.3 Å². The van der Waals surface area contributed by atoms with Crippen molar-refractivity contribution in [1.29, 1.82) is 0 Å². The fraction of sp³-hybridized carbons (Fsp3) is 0.269. The van der Waals surface area contributed by atoms with Gasteiger partial charge in [-0.2, -0.15) is 0 Å². The zero-order chi connectivity index (χ0) is 22.5. The molecule has 0 aromatic heterocycles. The van der Waals surface area contributed by atoms with Crippen molar-refractivity contribution in [3.05, 3.63) is 82.9 Å². The van der Waals surface area contributed by atoms with Crippen molar-refractivity contribution in [2.24, 2.45) is 0 Å². The highest BCUT2D eigenvalue weighted by Gasteiger charge is 2.27. The summed E-state index contributed by atoms with van der Waals surface area (Å²) in [6.07, 6.45) is 0.744. The minimum Gasteiger partial charge on any atom is -0.497 e. The molecule has 3 aromatic rings. The molecule has 0 spiro atoms. The van der Waals surface area contributed by atoms with Crippen LogP contribution in [0.4, 0.5) is 0 Å². The van der Waals surface area contributed by atoms with E-state index < -0.39 is 0 Å². The first-order valence-corrected chi connectivity index (χ1v) is 10.5. The Bertz CT molecular complexity index is 1070. The van der Waals surface area contributed by atoms with E-state index in [2.05, 4.69) is 0 Å². The van der Waals surface area contributed by atoms with E-state index in [9.17, 15) is 4.79 Å². The first-order valence-electron chi connectivity index (χ1n) is 10.5. The van der Waals surface area contributed by atoms with Gasteiger partial charge < -0.3 is 23.8 Å². The smallest absolute Gasteiger partial charge is 0.254 e. The molecular weight excluding hydrogens is 406 g/mol. The number of benzene rings is 3. The number of hydrogen-bond donors (Lipinski definition) is 0. The van der Waals surface area contributed by atoms with Gasteiger partial charge in [-0.05, 0) is 47.4 Å². The van der Waals surface area contributed by atoms with Gasteiger partial charge in [0.25, 0.3) is 5.91 Å². The average molecular weight is 434 g/mol. The minimum atomic E-state index is -0.0269. The summed E-state index contributed by atoms with van der Waals surface area (Å²) in [5.74, 6) is 2.57. The third kappa shape index (κ3) is 4.64. The minimum absolute atomic E-state index is 0.0269. The Hall–Kier alpha value is -3.67. The summed E-state index contributed by atoms with van der Waals surface area (Å²) in [7, 11) is 4.82. The monoisotopic (exact) mass is 433 g/mol. The molecule has 1 aliphatic heterocycles. The molecule has 0 saturated carbocycles. The van der Waals surface area contributed by atoms with Gasteiger partial charge in [0.1, 0.15) is 18.1 Å². The van der Waals surface area contributed by atoms with Crippen LogP contribution in [0.2, 0.25) is 0 Å². The van der Waals surface area contributed by atoms with E-state index in [4.69, 9.17) is 18.9 Å². The average Bonchev–Trinajstić information content (AvgIpc) is 2.84. The van der Waals surface area contributed by atoms with E-state index in [1.807, 2.05) is 59.5 Å². The highest BCUT2D eigenvalue weighted by atomic mass is 16.5. The molecule has 0 atom stereocenters. The van der Waals surface area contributed by atoms with Gasteiger partial charge in [-0.3, -0.25) is 4.79 Å². The molecule has 0 unspecified atom stereocenters. The highest BCUT2D eigenvalue weighted by Crippen LogP contribution is 2.34. The van der Waals surface area contributed by atoms with E-state index in [1.165, 1.54) is 0 Å². The van der Waals surface area contributed by atoms with E-state index in [0.29, 0.717) is 48.3 Å². The molecule has 0 saturated heterocycles. The molecular formula is C26H27NO5. The van der Waals surface area contributed by atoms with E-state index >= 15 is 0 Å². The summed E-state index contributed by atoms with van der Waals surface area (Å²) in [5.41, 5.74) is 3.64. The van der Waals surface area contributed by atoms with Crippen LogP contribution in [0.25, 0.3) is 0 Å². The van der Waals surface area contributed by atoms with Gasteiger partial charge in [0.15, 0.2) is 11.5 Å². The fourth-order valence-corrected chi connectivity index (χ4v) is 3.87. The number of carbonyl (C=O) groups is 1. The zero-order valence-corrected chi connectivity index (χ0v) is 18.6. The van der Waals surface area contributed by atoms with Crippen molar-refractivity contribution in [3.8, 4) is 23.0 Å². The molecule has 6 heteroatoms. The molecule has 0 N–H and O–H groups in total. The number of rotatable bonds is 8. The second-order valence-corrected chi connectivity index (χ2v) is 7.63. The number of carbonyl (C=O) groups excluding carboxylic acids is 1. The summed E-state index contributed by atoms with van der Waals surface area (Å²) in [4.78, 5) is 15.1. The van der Waals surface area contributed by atoms with Gasteiger partial charge >= 0.3 is 0 Å².